The van der Waals surface area contributed by atoms with Crippen molar-refractivity contribution in [1.29, 1.82) is 5.41 Å². The molecule has 96 valence electrons. The predicted octanol–water partition coefficient (Wildman–Crippen LogP) is 3.55. The molecular weight excluding hydrogens is 227 g/mol. The van der Waals surface area contributed by atoms with E-state index in [1.807, 2.05) is 6.07 Å². The molecule has 1 aliphatic heterocycles. The van der Waals surface area contributed by atoms with E-state index in [2.05, 4.69) is 18.7 Å². The summed E-state index contributed by atoms with van der Waals surface area (Å²) < 4.78 is 13.2. The lowest BCUT2D eigenvalue weighted by Gasteiger charge is -2.27. The summed E-state index contributed by atoms with van der Waals surface area (Å²) in [6.45, 7) is 5.36. The third-order valence-electron chi connectivity index (χ3n) is 4.34. The Hall–Kier alpha value is -1.38. The second-order valence-corrected chi connectivity index (χ2v) is 6.34. The van der Waals surface area contributed by atoms with Gasteiger partial charge in [0, 0.05) is 18.2 Å². The van der Waals surface area contributed by atoms with Gasteiger partial charge in [-0.2, -0.15) is 0 Å². The second-order valence-electron chi connectivity index (χ2n) is 6.34. The molecule has 1 fully saturated rings. The first kappa shape index (κ1) is 11.7. The smallest absolute Gasteiger partial charge is 0.129 e. The Kier molecular flexibility index (Phi) is 2.47. The van der Waals surface area contributed by atoms with E-state index in [9.17, 15) is 4.39 Å². The number of benzene rings is 1. The number of rotatable bonds is 1. The minimum absolute atomic E-state index is 0.243. The molecule has 1 aliphatic carbocycles. The third-order valence-corrected chi connectivity index (χ3v) is 4.34. The van der Waals surface area contributed by atoms with Crippen LogP contribution in [0.2, 0.25) is 0 Å². The molecule has 1 N–H and O–H groups in total. The van der Waals surface area contributed by atoms with Gasteiger partial charge in [0.25, 0.3) is 0 Å². The first-order chi connectivity index (χ1) is 8.46. The first-order valence-electron chi connectivity index (χ1n) is 6.60. The van der Waals surface area contributed by atoms with E-state index in [1.165, 1.54) is 18.6 Å². The summed E-state index contributed by atoms with van der Waals surface area (Å²) in [5.74, 6) is 0.263. The van der Waals surface area contributed by atoms with Gasteiger partial charge in [0.1, 0.15) is 11.7 Å². The molecule has 1 unspecified atom stereocenters. The van der Waals surface area contributed by atoms with E-state index in [1.54, 1.807) is 0 Å². The highest BCUT2D eigenvalue weighted by Gasteiger charge is 2.38. The van der Waals surface area contributed by atoms with E-state index in [0.717, 1.165) is 30.5 Å². The summed E-state index contributed by atoms with van der Waals surface area (Å²) in [7, 11) is 0. The summed E-state index contributed by atoms with van der Waals surface area (Å²) in [4.78, 5) is 2.15. The summed E-state index contributed by atoms with van der Waals surface area (Å²) >= 11 is 0. The Bertz CT molecular complexity index is 507. The van der Waals surface area contributed by atoms with Crippen LogP contribution >= 0.6 is 0 Å². The van der Waals surface area contributed by atoms with Crippen molar-refractivity contribution in [3.8, 4) is 0 Å². The molecule has 1 saturated carbocycles. The maximum absolute atomic E-state index is 13.2. The van der Waals surface area contributed by atoms with Gasteiger partial charge in [0.15, 0.2) is 0 Å². The van der Waals surface area contributed by atoms with Crippen LogP contribution in [0.3, 0.4) is 0 Å². The van der Waals surface area contributed by atoms with Gasteiger partial charge in [-0.3, -0.25) is 5.41 Å². The predicted molar refractivity (Wildman–Crippen MR) is 70.2 cm³/mol. The van der Waals surface area contributed by atoms with Crippen LogP contribution < -0.4 is 0 Å². The summed E-state index contributed by atoms with van der Waals surface area (Å²) in [6.07, 6.45) is 3.49. The van der Waals surface area contributed by atoms with E-state index in [4.69, 9.17) is 5.41 Å². The molecule has 0 spiro atoms. The molecular formula is C15H19FN2. The Labute approximate surface area is 107 Å². The number of amidine groups is 1. The molecule has 0 amide bonds. The summed E-state index contributed by atoms with van der Waals surface area (Å²) in [6, 6.07) is 5.26. The van der Waals surface area contributed by atoms with Gasteiger partial charge in [0.2, 0.25) is 0 Å². The van der Waals surface area contributed by atoms with Crippen molar-refractivity contribution in [2.75, 3.05) is 0 Å². The number of hydrogen-bond donors (Lipinski definition) is 1. The molecule has 3 rings (SSSR count). The first-order valence-corrected chi connectivity index (χ1v) is 6.60. The van der Waals surface area contributed by atoms with Crippen LogP contribution in [-0.4, -0.2) is 16.8 Å². The zero-order valence-corrected chi connectivity index (χ0v) is 11.0. The molecule has 0 bridgehead atoms. The Balaban J connectivity index is 1.85. The fraction of sp³-hybridized carbons (Fsp3) is 0.533. The Morgan fingerprint density at radius 1 is 1.39 bits per heavy atom. The van der Waals surface area contributed by atoms with Gasteiger partial charge < -0.3 is 4.90 Å². The largest absolute Gasteiger partial charge is 0.349 e. The van der Waals surface area contributed by atoms with Gasteiger partial charge in [-0.15, -0.1) is 0 Å². The third kappa shape index (κ3) is 1.82. The van der Waals surface area contributed by atoms with E-state index in [-0.39, 0.29) is 5.82 Å². The maximum atomic E-state index is 13.2. The van der Waals surface area contributed by atoms with Gasteiger partial charge in [-0.1, -0.05) is 19.9 Å². The van der Waals surface area contributed by atoms with Crippen LogP contribution in [0.4, 0.5) is 4.39 Å². The molecule has 1 heterocycles. The molecule has 1 atom stereocenters. The van der Waals surface area contributed by atoms with Crippen LogP contribution in [0.25, 0.3) is 0 Å². The molecule has 0 aromatic heterocycles. The van der Waals surface area contributed by atoms with Crippen molar-refractivity contribution in [1.82, 2.24) is 4.90 Å². The average Bonchev–Trinajstić information content (AvgIpc) is 2.81. The molecule has 1 aromatic carbocycles. The highest BCUT2D eigenvalue weighted by Crippen LogP contribution is 2.41. The molecule has 18 heavy (non-hydrogen) atoms. The average molecular weight is 246 g/mol. The van der Waals surface area contributed by atoms with E-state index in [0.29, 0.717) is 17.3 Å². The van der Waals surface area contributed by atoms with Crippen LogP contribution in [0.1, 0.15) is 44.2 Å². The second kappa shape index (κ2) is 3.81. The fourth-order valence-electron chi connectivity index (χ4n) is 3.30. The van der Waals surface area contributed by atoms with Crippen molar-refractivity contribution in [2.24, 2.45) is 5.41 Å². The van der Waals surface area contributed by atoms with Gasteiger partial charge in [0.05, 0.1) is 0 Å². The highest BCUT2D eigenvalue weighted by atomic mass is 19.1. The molecule has 0 radical (unpaired) electrons. The summed E-state index contributed by atoms with van der Waals surface area (Å²) in [5.41, 5.74) is 2.25. The van der Waals surface area contributed by atoms with Gasteiger partial charge >= 0.3 is 0 Å². The highest BCUT2D eigenvalue weighted by molar-refractivity contribution is 6.00. The number of fused-ring (bicyclic) bond motifs is 1. The van der Waals surface area contributed by atoms with Gasteiger partial charge in [-0.25, -0.2) is 4.39 Å². The quantitative estimate of drug-likeness (QED) is 0.806. The molecule has 2 aliphatic rings. The Morgan fingerprint density at radius 2 is 2.17 bits per heavy atom. The number of nitrogens with one attached hydrogen (secondary N) is 1. The van der Waals surface area contributed by atoms with E-state index >= 15 is 0 Å². The van der Waals surface area contributed by atoms with Crippen molar-refractivity contribution in [2.45, 2.75) is 45.7 Å². The van der Waals surface area contributed by atoms with Crippen LogP contribution in [0.5, 0.6) is 0 Å². The molecule has 2 nitrogen and oxygen atoms in total. The maximum Gasteiger partial charge on any atom is 0.129 e. The van der Waals surface area contributed by atoms with Crippen molar-refractivity contribution >= 4 is 5.84 Å². The molecule has 1 aromatic rings. The minimum Gasteiger partial charge on any atom is -0.349 e. The SMILES string of the molecule is CC1(C)CCC(N2Cc3ccc(F)cc3C2=N)C1. The topological polar surface area (TPSA) is 27.1 Å². The summed E-state index contributed by atoms with van der Waals surface area (Å²) in [5, 5.41) is 8.24. The van der Waals surface area contributed by atoms with Crippen molar-refractivity contribution in [3.05, 3.63) is 35.1 Å². The van der Waals surface area contributed by atoms with E-state index < -0.39 is 0 Å². The van der Waals surface area contributed by atoms with Crippen molar-refractivity contribution < 1.29 is 4.39 Å². The monoisotopic (exact) mass is 246 g/mol. The number of halogens is 1. The number of hydrogen-bond acceptors (Lipinski definition) is 1. The lowest BCUT2D eigenvalue weighted by Crippen LogP contribution is -2.34. The molecule has 3 heteroatoms. The standard InChI is InChI=1S/C15H19FN2/c1-15(2)6-5-12(8-15)18-9-10-3-4-11(16)7-13(10)14(18)17/h3-4,7,12,17H,5-6,8-9H2,1-2H3. The van der Waals surface area contributed by atoms with Gasteiger partial charge in [-0.05, 0) is 42.4 Å². The normalized spacial score (nSPS) is 25.6. The van der Waals surface area contributed by atoms with Crippen LogP contribution in [0, 0.1) is 16.6 Å². The fourth-order valence-corrected chi connectivity index (χ4v) is 3.30. The van der Waals surface area contributed by atoms with Crippen LogP contribution in [0.15, 0.2) is 18.2 Å². The van der Waals surface area contributed by atoms with Crippen molar-refractivity contribution in [3.63, 3.8) is 0 Å². The zero-order chi connectivity index (χ0) is 12.9. The molecule has 0 saturated heterocycles. The zero-order valence-electron chi connectivity index (χ0n) is 11.0. The minimum atomic E-state index is -0.243. The van der Waals surface area contributed by atoms with Crippen LogP contribution in [-0.2, 0) is 6.54 Å². The number of nitrogens with zero attached hydrogens (tertiary/aromatic N) is 1. The lowest BCUT2D eigenvalue weighted by atomic mass is 9.91. The lowest BCUT2D eigenvalue weighted by molar-refractivity contribution is 0.285. The Morgan fingerprint density at radius 3 is 2.83 bits per heavy atom.